The molecule has 0 spiro atoms. The SMILES string of the molecule is C=CCO[C@@]12Oc3ccc(O)cc3[C@H]3[C@H](CCCCO)[C@@H](CCCCO)C=C(C(=NOC(C)(C)C)C[C@@H]1Sc1ccccc1)[C@H]32. The average molecular weight is 636 g/mol. The Hall–Kier alpha value is -2.78. The van der Waals surface area contributed by atoms with Gasteiger partial charge in [0.15, 0.2) is 0 Å². The number of nitrogens with zero attached hydrogens (tertiary/aromatic N) is 1. The zero-order valence-electron chi connectivity index (χ0n) is 26.9. The molecule has 0 bridgehead atoms. The van der Waals surface area contributed by atoms with Gasteiger partial charge in [0.05, 0.1) is 23.5 Å². The number of phenolic OH excluding ortho intramolecular Hbond substituents is 1. The van der Waals surface area contributed by atoms with E-state index in [1.165, 1.54) is 0 Å². The Balaban J connectivity index is 1.74. The summed E-state index contributed by atoms with van der Waals surface area (Å²) in [5.41, 5.74) is 2.50. The number of aromatic hydroxyl groups is 1. The first-order chi connectivity index (χ1) is 21.7. The fraction of sp³-hybridized carbons (Fsp3) is 0.541. The lowest BCUT2D eigenvalue weighted by molar-refractivity contribution is -0.223. The van der Waals surface area contributed by atoms with Crippen LogP contribution in [0.3, 0.4) is 0 Å². The summed E-state index contributed by atoms with van der Waals surface area (Å²) in [7, 11) is 0. The maximum absolute atomic E-state index is 10.8. The second kappa shape index (κ2) is 14.8. The first-order valence-corrected chi connectivity index (χ1v) is 17.3. The van der Waals surface area contributed by atoms with Crippen LogP contribution in [0.2, 0.25) is 0 Å². The fourth-order valence-corrected chi connectivity index (χ4v) is 8.60. The summed E-state index contributed by atoms with van der Waals surface area (Å²) in [4.78, 5) is 7.23. The fourth-order valence-electron chi connectivity index (χ4n) is 7.29. The second-order valence-electron chi connectivity index (χ2n) is 13.4. The molecule has 1 aliphatic heterocycles. The lowest BCUT2D eigenvalue weighted by Crippen LogP contribution is -2.64. The summed E-state index contributed by atoms with van der Waals surface area (Å²) < 4.78 is 14.0. The first-order valence-electron chi connectivity index (χ1n) is 16.4. The molecule has 6 atom stereocenters. The van der Waals surface area contributed by atoms with E-state index in [1.807, 2.05) is 51.1 Å². The van der Waals surface area contributed by atoms with Gasteiger partial charge in [-0.15, -0.1) is 18.3 Å². The van der Waals surface area contributed by atoms with Gasteiger partial charge in [0.1, 0.15) is 17.1 Å². The highest BCUT2D eigenvalue weighted by Crippen LogP contribution is 2.63. The molecule has 0 amide bonds. The van der Waals surface area contributed by atoms with Gasteiger partial charge in [0, 0.05) is 36.0 Å². The minimum Gasteiger partial charge on any atom is -0.508 e. The standard InChI is InChI=1S/C37H49NO6S/c1-5-21-42-37-33(45-27-14-7-6-8-15-27)24-31(38-44-36(2,3)4)29-22-25(13-9-11-19-39)28(16-10-12-20-40)34(35(29)37)30-23-26(41)17-18-32(30)43-37/h5-8,14-15,17-18,22-23,25,28,33-35,39-41H,1,9-13,16,19-21,24H2,2-4H3/t25-,28+,33-,34+,35+,37+/m0/s1. The maximum atomic E-state index is 10.8. The Kier molecular flexibility index (Phi) is 11.0. The summed E-state index contributed by atoms with van der Waals surface area (Å²) >= 11 is 1.74. The van der Waals surface area contributed by atoms with Crippen LogP contribution in [0.5, 0.6) is 11.5 Å². The van der Waals surface area contributed by atoms with Crippen molar-refractivity contribution in [1.29, 1.82) is 0 Å². The number of fused-ring (bicyclic) bond motifs is 2. The molecule has 1 heterocycles. The number of thioether (sulfide) groups is 1. The quantitative estimate of drug-likeness (QED) is 0.112. The van der Waals surface area contributed by atoms with Crippen molar-refractivity contribution in [3.63, 3.8) is 0 Å². The molecule has 1 saturated carbocycles. The van der Waals surface area contributed by atoms with Crippen molar-refractivity contribution in [1.82, 2.24) is 0 Å². The summed E-state index contributed by atoms with van der Waals surface area (Å²) in [5, 5.41) is 34.8. The molecule has 3 aliphatic rings. The van der Waals surface area contributed by atoms with Gasteiger partial charge in [-0.05, 0) is 94.2 Å². The van der Waals surface area contributed by atoms with Crippen LogP contribution in [0.1, 0.15) is 77.2 Å². The Morgan fingerprint density at radius 1 is 1.04 bits per heavy atom. The largest absolute Gasteiger partial charge is 0.508 e. The van der Waals surface area contributed by atoms with Gasteiger partial charge >= 0.3 is 0 Å². The number of aliphatic hydroxyl groups is 2. The van der Waals surface area contributed by atoms with Crippen molar-refractivity contribution in [3.8, 4) is 11.5 Å². The Morgan fingerprint density at radius 3 is 2.47 bits per heavy atom. The summed E-state index contributed by atoms with van der Waals surface area (Å²) in [6.45, 7) is 10.6. The van der Waals surface area contributed by atoms with Gasteiger partial charge in [-0.2, -0.15) is 0 Å². The number of benzene rings is 2. The molecule has 3 N–H and O–H groups in total. The van der Waals surface area contributed by atoms with Gasteiger partial charge in [-0.3, -0.25) is 0 Å². The third-order valence-electron chi connectivity index (χ3n) is 9.08. The molecule has 2 aliphatic carbocycles. The number of unbranched alkanes of at least 4 members (excludes halogenated alkanes) is 2. The number of allylic oxidation sites excluding steroid dienone is 1. The van der Waals surface area contributed by atoms with E-state index in [0.29, 0.717) is 13.0 Å². The van der Waals surface area contributed by atoms with Gasteiger partial charge in [0.25, 0.3) is 0 Å². The van der Waals surface area contributed by atoms with E-state index in [9.17, 15) is 15.3 Å². The lowest BCUT2D eigenvalue weighted by atomic mass is 9.56. The number of hydrogen-bond donors (Lipinski definition) is 3. The van der Waals surface area contributed by atoms with Crippen LogP contribution in [-0.2, 0) is 9.57 Å². The first kappa shape index (κ1) is 33.6. The van der Waals surface area contributed by atoms with E-state index < -0.39 is 11.4 Å². The minimum absolute atomic E-state index is 0.0394. The van der Waals surface area contributed by atoms with E-state index >= 15 is 0 Å². The number of ether oxygens (including phenoxy) is 2. The van der Waals surface area contributed by atoms with Crippen molar-refractivity contribution >= 4 is 17.5 Å². The van der Waals surface area contributed by atoms with Gasteiger partial charge < -0.3 is 29.6 Å². The molecular formula is C37H49NO6S. The maximum Gasteiger partial charge on any atom is 0.231 e. The lowest BCUT2D eigenvalue weighted by Gasteiger charge is -2.58. The second-order valence-corrected chi connectivity index (χ2v) is 14.7. The molecular weight excluding hydrogens is 586 g/mol. The van der Waals surface area contributed by atoms with Gasteiger partial charge in [-0.25, -0.2) is 0 Å². The predicted molar refractivity (Wildman–Crippen MR) is 180 cm³/mol. The molecule has 45 heavy (non-hydrogen) atoms. The van der Waals surface area contributed by atoms with Crippen molar-refractivity contribution < 1.29 is 29.6 Å². The van der Waals surface area contributed by atoms with Crippen LogP contribution >= 0.6 is 11.8 Å². The van der Waals surface area contributed by atoms with Crippen LogP contribution in [0.25, 0.3) is 0 Å². The molecule has 0 aromatic heterocycles. The summed E-state index contributed by atoms with van der Waals surface area (Å²) in [6, 6.07) is 15.8. The Morgan fingerprint density at radius 2 is 1.78 bits per heavy atom. The highest BCUT2D eigenvalue weighted by Gasteiger charge is 2.64. The van der Waals surface area contributed by atoms with Crippen LogP contribution in [0.4, 0.5) is 0 Å². The molecule has 2 aromatic rings. The van der Waals surface area contributed by atoms with Crippen molar-refractivity contribution in [2.45, 2.75) is 93.2 Å². The number of rotatable bonds is 14. The van der Waals surface area contributed by atoms with Crippen LogP contribution in [0.15, 0.2) is 82.9 Å². The topological polar surface area (TPSA) is 101 Å². The zero-order chi connectivity index (χ0) is 32.0. The Labute approximate surface area is 272 Å². The molecule has 7 nitrogen and oxygen atoms in total. The van der Waals surface area contributed by atoms with Gasteiger partial charge in [0.2, 0.25) is 5.79 Å². The number of oxime groups is 1. The minimum atomic E-state index is -1.04. The molecule has 0 radical (unpaired) electrons. The van der Waals surface area contributed by atoms with Gasteiger partial charge in [-0.1, -0.05) is 48.3 Å². The van der Waals surface area contributed by atoms with E-state index in [0.717, 1.165) is 66.0 Å². The van der Waals surface area contributed by atoms with Crippen LogP contribution < -0.4 is 4.74 Å². The smallest absolute Gasteiger partial charge is 0.231 e. The van der Waals surface area contributed by atoms with E-state index in [-0.39, 0.29) is 47.9 Å². The van der Waals surface area contributed by atoms with E-state index in [1.54, 1.807) is 23.9 Å². The zero-order valence-corrected chi connectivity index (χ0v) is 27.7. The normalized spacial score (nSPS) is 28.1. The molecule has 244 valence electrons. The highest BCUT2D eigenvalue weighted by molar-refractivity contribution is 8.00. The predicted octanol–water partition coefficient (Wildman–Crippen LogP) is 7.62. The average Bonchev–Trinajstić information content (AvgIpc) is 3.02. The molecule has 1 fully saturated rings. The highest BCUT2D eigenvalue weighted by atomic mass is 32.2. The third kappa shape index (κ3) is 7.46. The van der Waals surface area contributed by atoms with E-state index in [2.05, 4.69) is 24.8 Å². The number of aliphatic hydroxyl groups excluding tert-OH is 2. The van der Waals surface area contributed by atoms with E-state index in [4.69, 9.17) is 19.5 Å². The summed E-state index contributed by atoms with van der Waals surface area (Å²) in [5.74, 6) is 0.0296. The monoisotopic (exact) mass is 635 g/mol. The van der Waals surface area contributed by atoms with Crippen LogP contribution in [-0.4, -0.2) is 57.5 Å². The third-order valence-corrected chi connectivity index (χ3v) is 10.4. The Bertz CT molecular complexity index is 1350. The van der Waals surface area contributed by atoms with Crippen molar-refractivity contribution in [3.05, 3.63) is 78.4 Å². The van der Waals surface area contributed by atoms with Crippen LogP contribution in [0, 0.1) is 17.8 Å². The number of hydrogen-bond acceptors (Lipinski definition) is 8. The summed E-state index contributed by atoms with van der Waals surface area (Å²) in [6.07, 6.45) is 9.83. The molecule has 8 heteroatoms. The van der Waals surface area contributed by atoms with Crippen molar-refractivity contribution in [2.24, 2.45) is 22.9 Å². The molecule has 5 rings (SSSR count). The number of phenols is 1. The molecule has 0 unspecified atom stereocenters. The molecule has 0 saturated heterocycles. The molecule has 2 aromatic carbocycles. The van der Waals surface area contributed by atoms with Crippen molar-refractivity contribution in [2.75, 3.05) is 19.8 Å².